The Labute approximate surface area is 175 Å². The molecule has 2 amide bonds. The highest BCUT2D eigenvalue weighted by Gasteiger charge is 2.29. The van der Waals surface area contributed by atoms with E-state index in [-0.39, 0.29) is 23.6 Å². The van der Waals surface area contributed by atoms with E-state index < -0.39 is 0 Å². The van der Waals surface area contributed by atoms with Gasteiger partial charge in [0.25, 0.3) is 0 Å². The van der Waals surface area contributed by atoms with Gasteiger partial charge in [0.1, 0.15) is 11.6 Å². The van der Waals surface area contributed by atoms with Crippen LogP contribution < -0.4 is 4.90 Å². The summed E-state index contributed by atoms with van der Waals surface area (Å²) in [5, 5.41) is 0. The number of urea groups is 1. The summed E-state index contributed by atoms with van der Waals surface area (Å²) >= 11 is 0. The predicted octanol–water partition coefficient (Wildman–Crippen LogP) is 5.82. The molecule has 3 nitrogen and oxygen atoms in total. The molecule has 0 aromatic heterocycles. The molecule has 30 heavy (non-hydrogen) atoms. The van der Waals surface area contributed by atoms with E-state index in [2.05, 4.69) is 0 Å². The molecule has 0 spiro atoms. The van der Waals surface area contributed by atoms with Gasteiger partial charge in [0, 0.05) is 31.2 Å². The van der Waals surface area contributed by atoms with E-state index >= 15 is 0 Å². The summed E-state index contributed by atoms with van der Waals surface area (Å²) in [5.41, 5.74) is 2.89. The number of hydrogen-bond donors (Lipinski definition) is 0. The fraction of sp³-hybridized carbons (Fsp3) is 0.240. The lowest BCUT2D eigenvalue weighted by atomic mass is 9.87. The summed E-state index contributed by atoms with van der Waals surface area (Å²) in [6.45, 7) is 2.04. The number of hydrogen-bond acceptors (Lipinski definition) is 1. The first-order chi connectivity index (χ1) is 14.6. The molecular weight excluding hydrogens is 382 g/mol. The second-order valence-corrected chi connectivity index (χ2v) is 7.55. The molecule has 5 heteroatoms. The lowest BCUT2D eigenvalue weighted by Gasteiger charge is -2.21. The van der Waals surface area contributed by atoms with Crippen LogP contribution in [0.25, 0.3) is 0 Å². The number of carbonyl (C=O) groups is 1. The second-order valence-electron chi connectivity index (χ2n) is 7.55. The van der Waals surface area contributed by atoms with Crippen molar-refractivity contribution >= 4 is 11.7 Å². The first-order valence-electron chi connectivity index (χ1n) is 10.2. The monoisotopic (exact) mass is 406 g/mol. The molecule has 3 aromatic rings. The van der Waals surface area contributed by atoms with E-state index in [1.807, 2.05) is 35.2 Å². The molecule has 1 fully saturated rings. The molecule has 1 heterocycles. The zero-order valence-corrected chi connectivity index (χ0v) is 16.7. The Morgan fingerprint density at radius 3 is 1.90 bits per heavy atom. The van der Waals surface area contributed by atoms with Gasteiger partial charge in [-0.15, -0.1) is 0 Å². The van der Waals surface area contributed by atoms with E-state index in [0.717, 1.165) is 29.7 Å². The van der Waals surface area contributed by atoms with Gasteiger partial charge in [-0.1, -0.05) is 42.5 Å². The predicted molar refractivity (Wildman–Crippen MR) is 115 cm³/mol. The number of benzene rings is 3. The molecule has 0 unspecified atom stereocenters. The van der Waals surface area contributed by atoms with Crippen LogP contribution in [0.15, 0.2) is 78.9 Å². The number of nitrogens with zero attached hydrogens (tertiary/aromatic N) is 2. The molecule has 1 saturated heterocycles. The smallest absolute Gasteiger partial charge is 0.323 e. The van der Waals surface area contributed by atoms with Crippen molar-refractivity contribution in [3.63, 3.8) is 0 Å². The zero-order valence-electron chi connectivity index (χ0n) is 16.7. The number of rotatable bonds is 7. The van der Waals surface area contributed by atoms with Gasteiger partial charge in [0.15, 0.2) is 0 Å². The Morgan fingerprint density at radius 1 is 0.767 bits per heavy atom. The summed E-state index contributed by atoms with van der Waals surface area (Å²) in [6, 6.07) is 22.6. The quantitative estimate of drug-likeness (QED) is 0.485. The normalized spacial score (nSPS) is 14.0. The van der Waals surface area contributed by atoms with Gasteiger partial charge < -0.3 is 4.90 Å². The van der Waals surface area contributed by atoms with Gasteiger partial charge in [0.2, 0.25) is 0 Å². The van der Waals surface area contributed by atoms with Crippen molar-refractivity contribution in [3.05, 3.63) is 102 Å². The Kier molecular flexibility index (Phi) is 6.07. The molecule has 1 aliphatic heterocycles. The number of amides is 2. The van der Waals surface area contributed by atoms with E-state index in [4.69, 9.17) is 0 Å². The second kappa shape index (κ2) is 9.08. The maximum atomic E-state index is 13.4. The van der Waals surface area contributed by atoms with Gasteiger partial charge in [-0.05, 0) is 60.4 Å². The van der Waals surface area contributed by atoms with Gasteiger partial charge >= 0.3 is 6.03 Å². The molecule has 0 aliphatic carbocycles. The Hall–Kier alpha value is -3.21. The van der Waals surface area contributed by atoms with Crippen molar-refractivity contribution in [2.45, 2.75) is 18.8 Å². The molecule has 154 valence electrons. The number of carbonyl (C=O) groups excluding carboxylic acids is 1. The standard InChI is InChI=1S/C25H24F2N2O/c26-21-12-8-19(9-13-21)24(20-10-14-22(27)15-11-20)7-4-16-28-17-18-29(25(28)30)23-5-2-1-3-6-23/h1-3,5-6,8-15,24H,4,7,16-18H2. The summed E-state index contributed by atoms with van der Waals surface area (Å²) < 4.78 is 26.8. The van der Waals surface area contributed by atoms with Crippen LogP contribution in [0.2, 0.25) is 0 Å². The lowest BCUT2D eigenvalue weighted by Crippen LogP contribution is -2.32. The number of anilines is 1. The zero-order chi connectivity index (χ0) is 20.9. The molecule has 0 radical (unpaired) electrons. The molecule has 0 saturated carbocycles. The maximum Gasteiger partial charge on any atom is 0.324 e. The highest BCUT2D eigenvalue weighted by atomic mass is 19.1. The van der Waals surface area contributed by atoms with Crippen LogP contribution in [0.4, 0.5) is 19.3 Å². The van der Waals surface area contributed by atoms with Crippen molar-refractivity contribution in [3.8, 4) is 0 Å². The summed E-state index contributed by atoms with van der Waals surface area (Å²) in [5.74, 6) is -0.533. The van der Waals surface area contributed by atoms with Crippen molar-refractivity contribution in [2.24, 2.45) is 0 Å². The van der Waals surface area contributed by atoms with E-state index in [9.17, 15) is 13.6 Å². The van der Waals surface area contributed by atoms with Gasteiger partial charge in [-0.2, -0.15) is 0 Å². The number of halogens is 2. The fourth-order valence-corrected chi connectivity index (χ4v) is 4.04. The molecule has 1 aliphatic rings. The Bertz CT molecular complexity index is 929. The Balaban J connectivity index is 1.42. The largest absolute Gasteiger partial charge is 0.324 e. The summed E-state index contributed by atoms with van der Waals surface area (Å²) in [6.07, 6.45) is 1.58. The van der Waals surface area contributed by atoms with Crippen LogP contribution in [0, 0.1) is 11.6 Å². The molecule has 0 N–H and O–H groups in total. The van der Waals surface area contributed by atoms with Crippen molar-refractivity contribution in [2.75, 3.05) is 24.5 Å². The van der Waals surface area contributed by atoms with Crippen molar-refractivity contribution in [1.29, 1.82) is 0 Å². The van der Waals surface area contributed by atoms with Crippen LogP contribution in [-0.2, 0) is 0 Å². The van der Waals surface area contributed by atoms with Crippen LogP contribution in [0.1, 0.15) is 29.9 Å². The third-order valence-electron chi connectivity index (χ3n) is 5.63. The first kappa shape index (κ1) is 20.1. The van der Waals surface area contributed by atoms with Gasteiger partial charge in [-0.25, -0.2) is 13.6 Å². The minimum Gasteiger partial charge on any atom is -0.323 e. The fourth-order valence-electron chi connectivity index (χ4n) is 4.04. The molecule has 0 atom stereocenters. The molecule has 0 bridgehead atoms. The molecule has 3 aromatic carbocycles. The van der Waals surface area contributed by atoms with Crippen molar-refractivity contribution < 1.29 is 13.6 Å². The van der Waals surface area contributed by atoms with Crippen LogP contribution in [0.5, 0.6) is 0 Å². The van der Waals surface area contributed by atoms with E-state index in [1.165, 1.54) is 24.3 Å². The highest BCUT2D eigenvalue weighted by Crippen LogP contribution is 2.30. The first-order valence-corrected chi connectivity index (χ1v) is 10.2. The average Bonchev–Trinajstić information content (AvgIpc) is 3.14. The van der Waals surface area contributed by atoms with Crippen LogP contribution in [-0.4, -0.2) is 30.6 Å². The minimum absolute atomic E-state index is 0.0223. The third-order valence-corrected chi connectivity index (χ3v) is 5.63. The SMILES string of the molecule is O=C1N(CCCC(c2ccc(F)cc2)c2ccc(F)cc2)CCN1c1ccccc1. The van der Waals surface area contributed by atoms with E-state index in [0.29, 0.717) is 19.6 Å². The minimum atomic E-state index is -0.278. The van der Waals surface area contributed by atoms with Gasteiger partial charge in [-0.3, -0.25) is 4.90 Å². The topological polar surface area (TPSA) is 23.6 Å². The molecular formula is C25H24F2N2O. The maximum absolute atomic E-state index is 13.4. The highest BCUT2D eigenvalue weighted by molar-refractivity contribution is 5.94. The average molecular weight is 406 g/mol. The van der Waals surface area contributed by atoms with Gasteiger partial charge in [0.05, 0.1) is 0 Å². The van der Waals surface area contributed by atoms with E-state index in [1.54, 1.807) is 29.2 Å². The summed E-state index contributed by atoms with van der Waals surface area (Å²) in [4.78, 5) is 16.4. The van der Waals surface area contributed by atoms with Crippen LogP contribution >= 0.6 is 0 Å². The van der Waals surface area contributed by atoms with Crippen molar-refractivity contribution in [1.82, 2.24) is 4.90 Å². The Morgan fingerprint density at radius 2 is 1.33 bits per heavy atom. The molecule has 4 rings (SSSR count). The third kappa shape index (κ3) is 4.51. The van der Waals surface area contributed by atoms with Crippen LogP contribution in [0.3, 0.4) is 0 Å². The lowest BCUT2D eigenvalue weighted by molar-refractivity contribution is 0.219. The number of para-hydroxylation sites is 1. The summed E-state index contributed by atoms with van der Waals surface area (Å²) in [7, 11) is 0.